The molecule has 0 saturated carbocycles. The van der Waals surface area contributed by atoms with Crippen molar-refractivity contribution in [3.63, 3.8) is 0 Å². The Hall–Kier alpha value is -0.900. The Bertz CT molecular complexity index is 409. The van der Waals surface area contributed by atoms with Gasteiger partial charge in [-0.15, -0.1) is 0 Å². The molecule has 1 fully saturated rings. The van der Waals surface area contributed by atoms with Gasteiger partial charge in [0.05, 0.1) is 0 Å². The van der Waals surface area contributed by atoms with Gasteiger partial charge in [0.1, 0.15) is 0 Å². The molecule has 2 atom stereocenters. The first-order valence-corrected chi connectivity index (χ1v) is 8.27. The Morgan fingerprint density at radius 1 is 1.33 bits per heavy atom. The van der Waals surface area contributed by atoms with Gasteiger partial charge in [-0.05, 0) is 37.4 Å². The minimum absolute atomic E-state index is 0.144. The number of rotatable bonds is 8. The number of nitrogens with one attached hydrogen (secondary N) is 1. The number of aliphatic hydroxyl groups is 1. The highest BCUT2D eigenvalue weighted by molar-refractivity contribution is 5.25. The van der Waals surface area contributed by atoms with Crippen LogP contribution in [0.4, 0.5) is 0 Å². The van der Waals surface area contributed by atoms with E-state index in [0.717, 1.165) is 32.6 Å². The van der Waals surface area contributed by atoms with Crippen molar-refractivity contribution in [2.45, 2.75) is 32.1 Å². The summed E-state index contributed by atoms with van der Waals surface area (Å²) in [7, 11) is 0. The Labute approximate surface area is 129 Å². The zero-order valence-electron chi connectivity index (χ0n) is 13.5. The maximum Gasteiger partial charge on any atom is 0.0434 e. The molecule has 0 amide bonds. The smallest absolute Gasteiger partial charge is 0.0434 e. The number of hydrogen-bond acceptors (Lipinski definition) is 3. The van der Waals surface area contributed by atoms with E-state index >= 15 is 0 Å². The van der Waals surface area contributed by atoms with Crippen LogP contribution in [0.3, 0.4) is 0 Å². The maximum absolute atomic E-state index is 9.11. The molecule has 3 nitrogen and oxygen atoms in total. The summed E-state index contributed by atoms with van der Waals surface area (Å²) in [5, 5.41) is 12.6. The van der Waals surface area contributed by atoms with Crippen LogP contribution in [0.1, 0.15) is 32.3 Å². The van der Waals surface area contributed by atoms with Gasteiger partial charge in [-0.3, -0.25) is 0 Å². The predicted molar refractivity (Wildman–Crippen MR) is 88.6 cm³/mol. The predicted octanol–water partition coefficient (Wildman–Crippen LogP) is 2.26. The lowest BCUT2D eigenvalue weighted by Crippen LogP contribution is -2.45. The zero-order chi connectivity index (χ0) is 15.1. The van der Waals surface area contributed by atoms with Crippen LogP contribution in [0.5, 0.6) is 0 Å². The van der Waals surface area contributed by atoms with Crippen molar-refractivity contribution in [1.82, 2.24) is 10.2 Å². The van der Waals surface area contributed by atoms with Crippen molar-refractivity contribution in [3.05, 3.63) is 35.9 Å². The third-order valence-corrected chi connectivity index (χ3v) is 4.72. The van der Waals surface area contributed by atoms with Gasteiger partial charge >= 0.3 is 0 Å². The van der Waals surface area contributed by atoms with E-state index in [-0.39, 0.29) is 5.41 Å². The van der Waals surface area contributed by atoms with Gasteiger partial charge in [0.15, 0.2) is 0 Å². The Morgan fingerprint density at radius 2 is 2.10 bits per heavy atom. The van der Waals surface area contributed by atoms with Crippen molar-refractivity contribution >= 4 is 0 Å². The molecule has 3 heteroatoms. The highest BCUT2D eigenvalue weighted by atomic mass is 16.3. The van der Waals surface area contributed by atoms with E-state index < -0.39 is 0 Å². The van der Waals surface area contributed by atoms with E-state index in [1.165, 1.54) is 18.5 Å². The highest BCUT2D eigenvalue weighted by Crippen LogP contribution is 2.28. The van der Waals surface area contributed by atoms with Crippen molar-refractivity contribution < 1.29 is 5.11 Å². The number of likely N-dealkylation sites (N-methyl/N-ethyl adjacent to an activating group) is 1. The van der Waals surface area contributed by atoms with Crippen LogP contribution in [0.25, 0.3) is 0 Å². The first kappa shape index (κ1) is 16.5. The minimum atomic E-state index is 0.144. The van der Waals surface area contributed by atoms with Gasteiger partial charge in [0, 0.05) is 31.7 Å². The quantitative estimate of drug-likeness (QED) is 0.771. The van der Waals surface area contributed by atoms with Crippen LogP contribution in [-0.2, 0) is 5.41 Å². The van der Waals surface area contributed by atoms with Crippen LogP contribution >= 0.6 is 0 Å². The summed E-state index contributed by atoms with van der Waals surface area (Å²) in [6.45, 7) is 10.3. The van der Waals surface area contributed by atoms with Crippen molar-refractivity contribution in [2.24, 2.45) is 5.92 Å². The molecule has 0 bridgehead atoms. The summed E-state index contributed by atoms with van der Waals surface area (Å²) < 4.78 is 0. The average molecular weight is 290 g/mol. The molecule has 1 aliphatic heterocycles. The molecule has 0 radical (unpaired) electrons. The highest BCUT2D eigenvalue weighted by Gasteiger charge is 2.32. The fourth-order valence-corrected chi connectivity index (χ4v) is 3.46. The molecule has 2 rings (SSSR count). The molecule has 0 aromatic heterocycles. The summed E-state index contributed by atoms with van der Waals surface area (Å²) in [5.41, 5.74) is 1.56. The molecule has 21 heavy (non-hydrogen) atoms. The summed E-state index contributed by atoms with van der Waals surface area (Å²) in [6.07, 6.45) is 2.18. The normalized spacial score (nSPS) is 22.3. The summed E-state index contributed by atoms with van der Waals surface area (Å²) in [4.78, 5) is 2.57. The SMILES string of the molecule is CCNCC(C)(CN1CCC(CCO)C1)c1ccccc1. The summed E-state index contributed by atoms with van der Waals surface area (Å²) >= 11 is 0. The zero-order valence-corrected chi connectivity index (χ0v) is 13.5. The van der Waals surface area contributed by atoms with E-state index in [2.05, 4.69) is 54.4 Å². The molecular formula is C18H30N2O. The first-order chi connectivity index (χ1) is 10.2. The maximum atomic E-state index is 9.11. The van der Waals surface area contributed by atoms with Gasteiger partial charge in [-0.25, -0.2) is 0 Å². The number of nitrogens with zero attached hydrogens (tertiary/aromatic N) is 1. The van der Waals surface area contributed by atoms with Gasteiger partial charge < -0.3 is 15.3 Å². The van der Waals surface area contributed by atoms with Crippen molar-refractivity contribution in [2.75, 3.05) is 39.3 Å². The van der Waals surface area contributed by atoms with E-state index in [4.69, 9.17) is 5.11 Å². The standard InChI is InChI=1S/C18H30N2O/c1-3-19-14-18(2,17-7-5-4-6-8-17)15-20-11-9-16(13-20)10-12-21/h4-8,16,19,21H,3,9-15H2,1-2H3. The largest absolute Gasteiger partial charge is 0.396 e. The molecule has 0 spiro atoms. The van der Waals surface area contributed by atoms with E-state index in [0.29, 0.717) is 12.5 Å². The lowest BCUT2D eigenvalue weighted by atomic mass is 9.81. The second kappa shape index (κ2) is 7.92. The fourth-order valence-electron chi connectivity index (χ4n) is 3.46. The van der Waals surface area contributed by atoms with Crippen molar-refractivity contribution in [1.29, 1.82) is 0 Å². The Balaban J connectivity index is 2.03. The molecule has 2 unspecified atom stereocenters. The lowest BCUT2D eigenvalue weighted by Gasteiger charge is -2.35. The minimum Gasteiger partial charge on any atom is -0.396 e. The summed E-state index contributed by atoms with van der Waals surface area (Å²) in [6, 6.07) is 10.9. The number of benzene rings is 1. The molecule has 1 aliphatic rings. The van der Waals surface area contributed by atoms with E-state index in [9.17, 15) is 0 Å². The first-order valence-electron chi connectivity index (χ1n) is 8.27. The fraction of sp³-hybridized carbons (Fsp3) is 0.667. The molecule has 1 heterocycles. The molecule has 118 valence electrons. The second-order valence-corrected chi connectivity index (χ2v) is 6.61. The number of likely N-dealkylation sites (tertiary alicyclic amines) is 1. The average Bonchev–Trinajstić information content (AvgIpc) is 2.93. The molecule has 1 aromatic rings. The molecule has 1 aromatic carbocycles. The van der Waals surface area contributed by atoms with E-state index in [1.54, 1.807) is 0 Å². The molecule has 0 aliphatic carbocycles. The Morgan fingerprint density at radius 3 is 2.76 bits per heavy atom. The molecule has 1 saturated heterocycles. The summed E-state index contributed by atoms with van der Waals surface area (Å²) in [5.74, 6) is 0.675. The van der Waals surface area contributed by atoms with Crippen LogP contribution in [0, 0.1) is 5.92 Å². The third kappa shape index (κ3) is 4.53. The van der Waals surface area contributed by atoms with E-state index in [1.807, 2.05) is 0 Å². The number of hydrogen-bond donors (Lipinski definition) is 2. The molecule has 2 N–H and O–H groups in total. The van der Waals surface area contributed by atoms with Crippen LogP contribution in [0.2, 0.25) is 0 Å². The van der Waals surface area contributed by atoms with Crippen molar-refractivity contribution in [3.8, 4) is 0 Å². The topological polar surface area (TPSA) is 35.5 Å². The second-order valence-electron chi connectivity index (χ2n) is 6.61. The van der Waals surface area contributed by atoms with Gasteiger partial charge in [0.25, 0.3) is 0 Å². The monoisotopic (exact) mass is 290 g/mol. The van der Waals surface area contributed by atoms with Crippen LogP contribution < -0.4 is 5.32 Å². The van der Waals surface area contributed by atoms with Gasteiger partial charge in [-0.2, -0.15) is 0 Å². The van der Waals surface area contributed by atoms with Crippen LogP contribution in [0.15, 0.2) is 30.3 Å². The van der Waals surface area contributed by atoms with Gasteiger partial charge in [0.2, 0.25) is 0 Å². The number of aliphatic hydroxyl groups excluding tert-OH is 1. The lowest BCUT2D eigenvalue weighted by molar-refractivity contribution is 0.227. The van der Waals surface area contributed by atoms with Gasteiger partial charge in [-0.1, -0.05) is 44.2 Å². The van der Waals surface area contributed by atoms with Crippen LogP contribution in [-0.4, -0.2) is 49.3 Å². The Kier molecular flexibility index (Phi) is 6.22. The molecular weight excluding hydrogens is 260 g/mol. The third-order valence-electron chi connectivity index (χ3n) is 4.72.